The highest BCUT2D eigenvalue weighted by atomic mass is 32.1. The van der Waals surface area contributed by atoms with E-state index < -0.39 is 17.6 Å². The zero-order valence-corrected chi connectivity index (χ0v) is 22.6. The van der Waals surface area contributed by atoms with Crippen LogP contribution < -0.4 is 0 Å². The Bertz CT molecular complexity index is 1220. The molecule has 0 spiro atoms. The van der Waals surface area contributed by atoms with Gasteiger partial charge in [0.05, 0.1) is 12.0 Å². The maximum atomic E-state index is 14.5. The minimum atomic E-state index is -1.41. The normalized spacial score (nSPS) is 22.7. The number of benzene rings is 1. The van der Waals surface area contributed by atoms with Gasteiger partial charge in [-0.15, -0.1) is 11.3 Å². The van der Waals surface area contributed by atoms with Crippen molar-refractivity contribution in [2.24, 2.45) is 5.92 Å². The van der Waals surface area contributed by atoms with Gasteiger partial charge in [0.2, 0.25) is 0 Å². The van der Waals surface area contributed by atoms with E-state index in [1.165, 1.54) is 22.9 Å². The second-order valence-corrected chi connectivity index (χ2v) is 12.6. The number of thiazole rings is 1. The summed E-state index contributed by atoms with van der Waals surface area (Å²) in [6.45, 7) is 12.1. The monoisotopic (exact) mass is 512 g/mol. The Hall–Kier alpha value is -2.65. The summed E-state index contributed by atoms with van der Waals surface area (Å²) in [6.07, 6.45) is 2.27. The molecule has 1 aromatic carbocycles. The Morgan fingerprint density at radius 2 is 1.97 bits per heavy atom. The number of aromatic nitrogens is 3. The third-order valence-electron chi connectivity index (χ3n) is 6.59. The topological polar surface area (TPSA) is 96.3 Å². The van der Waals surface area contributed by atoms with Crippen molar-refractivity contribution >= 4 is 34.7 Å². The number of carboxylic acid groups (broad SMARTS) is 1. The van der Waals surface area contributed by atoms with Crippen molar-refractivity contribution in [1.82, 2.24) is 19.2 Å². The number of hydrogen-bond acceptors (Lipinski definition) is 7. The molecule has 1 aliphatic heterocycles. The van der Waals surface area contributed by atoms with E-state index in [0.717, 1.165) is 10.6 Å². The maximum Gasteiger partial charge on any atom is 0.329 e. The van der Waals surface area contributed by atoms with Gasteiger partial charge < -0.3 is 10.0 Å². The number of nitrogens with zero attached hydrogens (tertiary/aromatic N) is 4. The van der Waals surface area contributed by atoms with Crippen LogP contribution in [0.25, 0.3) is 0 Å². The lowest BCUT2D eigenvalue weighted by Gasteiger charge is -2.39. The number of aryl methyl sites for hydroxylation is 1. The molecule has 0 unspecified atom stereocenters. The van der Waals surface area contributed by atoms with Gasteiger partial charge in [0.15, 0.2) is 0 Å². The molecule has 0 bridgehead atoms. The molecule has 1 amide bonds. The number of hydrogen-bond donors (Lipinski definition) is 1. The summed E-state index contributed by atoms with van der Waals surface area (Å²) in [5, 5.41) is 14.1. The Morgan fingerprint density at radius 1 is 1.26 bits per heavy atom. The molecule has 0 radical (unpaired) electrons. The highest BCUT2D eigenvalue weighted by molar-refractivity contribution is 7.09. The Morgan fingerprint density at radius 3 is 2.51 bits per heavy atom. The van der Waals surface area contributed by atoms with Gasteiger partial charge in [0.25, 0.3) is 5.91 Å². The molecule has 1 aliphatic rings. The summed E-state index contributed by atoms with van der Waals surface area (Å²) in [6, 6.07) is 6.95. The number of carbonyl (C=O) groups excluding carboxylic acids is 1. The fourth-order valence-corrected chi connectivity index (χ4v) is 6.62. The predicted molar refractivity (Wildman–Crippen MR) is 138 cm³/mol. The fourth-order valence-electron chi connectivity index (χ4n) is 5.29. The van der Waals surface area contributed by atoms with Crippen molar-refractivity contribution < 1.29 is 14.7 Å². The quantitative estimate of drug-likeness (QED) is 0.446. The first-order valence-electron chi connectivity index (χ1n) is 11.8. The summed E-state index contributed by atoms with van der Waals surface area (Å²) in [4.78, 5) is 38.4. The molecule has 1 N–H and O–H groups in total. The van der Waals surface area contributed by atoms with Gasteiger partial charge in [-0.3, -0.25) is 4.79 Å². The average Bonchev–Trinajstić information content (AvgIpc) is 3.51. The van der Waals surface area contributed by atoms with Gasteiger partial charge in [-0.25, -0.2) is 14.8 Å². The highest BCUT2D eigenvalue weighted by Crippen LogP contribution is 2.54. The molecular formula is C26H32N4O3S2. The van der Waals surface area contributed by atoms with Crippen molar-refractivity contribution in [2.45, 2.75) is 77.3 Å². The summed E-state index contributed by atoms with van der Waals surface area (Å²) in [5.74, 6) is -1.01. The first-order valence-corrected chi connectivity index (χ1v) is 13.5. The van der Waals surface area contributed by atoms with E-state index in [0.29, 0.717) is 22.8 Å². The van der Waals surface area contributed by atoms with Gasteiger partial charge in [-0.2, -0.15) is 4.37 Å². The number of carboxylic acids is 1. The molecule has 7 nitrogen and oxygen atoms in total. The number of aliphatic carboxylic acids is 1. The smallest absolute Gasteiger partial charge is 0.329 e. The zero-order chi connectivity index (χ0) is 25.5. The van der Waals surface area contributed by atoms with Crippen LogP contribution in [0, 0.1) is 12.8 Å². The first-order chi connectivity index (χ1) is 16.5. The maximum absolute atomic E-state index is 14.5. The van der Waals surface area contributed by atoms with Crippen LogP contribution in [0.2, 0.25) is 0 Å². The number of rotatable bonds is 6. The molecule has 9 heteroatoms. The minimum Gasteiger partial charge on any atom is -0.479 e. The van der Waals surface area contributed by atoms with Crippen LogP contribution in [0.1, 0.15) is 91.2 Å². The van der Waals surface area contributed by atoms with Crippen molar-refractivity contribution in [3.05, 3.63) is 62.8 Å². The molecule has 3 heterocycles. The van der Waals surface area contributed by atoms with Crippen LogP contribution in [0.3, 0.4) is 0 Å². The Kier molecular flexibility index (Phi) is 6.85. The van der Waals surface area contributed by atoms with Gasteiger partial charge in [-0.05, 0) is 54.3 Å². The molecule has 0 saturated carbocycles. The van der Waals surface area contributed by atoms with Crippen molar-refractivity contribution in [2.75, 3.05) is 0 Å². The molecule has 35 heavy (non-hydrogen) atoms. The van der Waals surface area contributed by atoms with E-state index in [9.17, 15) is 14.7 Å². The van der Waals surface area contributed by atoms with Gasteiger partial charge in [-0.1, -0.05) is 52.8 Å². The lowest BCUT2D eigenvalue weighted by atomic mass is 9.81. The zero-order valence-electron chi connectivity index (χ0n) is 21.0. The highest BCUT2D eigenvalue weighted by Gasteiger charge is 2.61. The van der Waals surface area contributed by atoms with E-state index in [4.69, 9.17) is 0 Å². The number of carbonyl (C=O) groups is 2. The molecule has 3 atom stereocenters. The second-order valence-electron chi connectivity index (χ2n) is 10.7. The average molecular weight is 513 g/mol. The molecular weight excluding hydrogens is 480 g/mol. The largest absolute Gasteiger partial charge is 0.479 e. The molecule has 1 fully saturated rings. The van der Waals surface area contributed by atoms with Crippen molar-refractivity contribution in [3.63, 3.8) is 0 Å². The molecule has 1 saturated heterocycles. The predicted octanol–water partition coefficient (Wildman–Crippen LogP) is 5.84. The first kappa shape index (κ1) is 25.4. The lowest BCUT2D eigenvalue weighted by Crippen LogP contribution is -2.54. The van der Waals surface area contributed by atoms with Gasteiger partial charge in [0.1, 0.15) is 21.4 Å². The standard InChI is InChI=1S/C26H32N4O3S2/c1-15(2)13-26(24(32)33)14-18(21-28-16(3)35-29-21)20(22-27-11-12-34-22)30(26)23(31)17-9-7-8-10-19(17)25(4,5)6/h7-12,15,18,20H,13-14H2,1-6H3,(H,32,33)/t18-,20+,26-/m0/s1. The van der Waals surface area contributed by atoms with Crippen molar-refractivity contribution in [3.8, 4) is 0 Å². The fraction of sp³-hybridized carbons (Fsp3) is 0.500. The van der Waals surface area contributed by atoms with Crippen LogP contribution in [-0.4, -0.2) is 41.8 Å². The SMILES string of the molecule is Cc1nc([C@H]2C[C@@](CC(C)C)(C(=O)O)N(C(=O)c3ccccc3C(C)(C)C)[C@H]2c2nccs2)ns1. The molecule has 0 aliphatic carbocycles. The number of amides is 1. The molecule has 4 rings (SSSR count). The third kappa shape index (κ3) is 4.63. The third-order valence-corrected chi connectivity index (χ3v) is 8.07. The summed E-state index contributed by atoms with van der Waals surface area (Å²) in [5.41, 5.74) is -0.285. The van der Waals surface area contributed by atoms with E-state index in [1.54, 1.807) is 11.1 Å². The Balaban J connectivity index is 1.97. The second kappa shape index (κ2) is 9.43. The number of likely N-dealkylation sites (tertiary alicyclic amines) is 1. The minimum absolute atomic E-state index is 0.0556. The molecule has 186 valence electrons. The summed E-state index contributed by atoms with van der Waals surface area (Å²) in [7, 11) is 0. The van der Waals surface area contributed by atoms with E-state index >= 15 is 0 Å². The van der Waals surface area contributed by atoms with Crippen LogP contribution in [0.5, 0.6) is 0 Å². The summed E-state index contributed by atoms with van der Waals surface area (Å²) >= 11 is 2.73. The lowest BCUT2D eigenvalue weighted by molar-refractivity contribution is -0.150. The molecule has 3 aromatic rings. The Labute approximate surface area is 214 Å². The van der Waals surface area contributed by atoms with Crippen molar-refractivity contribution in [1.29, 1.82) is 0 Å². The van der Waals surface area contributed by atoms with Crippen LogP contribution >= 0.6 is 22.9 Å². The van der Waals surface area contributed by atoms with E-state index in [-0.39, 0.29) is 29.6 Å². The van der Waals surface area contributed by atoms with Gasteiger partial charge in [0, 0.05) is 17.1 Å². The van der Waals surface area contributed by atoms with Crippen LogP contribution in [0.15, 0.2) is 35.8 Å². The van der Waals surface area contributed by atoms with Gasteiger partial charge >= 0.3 is 5.97 Å². The van der Waals surface area contributed by atoms with E-state index in [1.807, 2.05) is 50.4 Å². The van der Waals surface area contributed by atoms with E-state index in [2.05, 4.69) is 35.1 Å². The van der Waals surface area contributed by atoms with Crippen LogP contribution in [-0.2, 0) is 10.2 Å². The molecule has 2 aromatic heterocycles. The summed E-state index contributed by atoms with van der Waals surface area (Å²) < 4.78 is 4.56. The van der Waals surface area contributed by atoms with Crippen LogP contribution in [0.4, 0.5) is 0 Å².